The van der Waals surface area contributed by atoms with E-state index in [2.05, 4.69) is 33.4 Å². The third-order valence-electron chi connectivity index (χ3n) is 4.58. The summed E-state index contributed by atoms with van der Waals surface area (Å²) < 4.78 is 0. The molecule has 5 heteroatoms. The second-order valence-electron chi connectivity index (χ2n) is 6.21. The molecule has 0 spiro atoms. The second-order valence-corrected chi connectivity index (χ2v) is 6.61. The molecule has 0 saturated heterocycles. The predicted octanol–water partition coefficient (Wildman–Crippen LogP) is 4.36. The van der Waals surface area contributed by atoms with Crippen LogP contribution in [0.3, 0.4) is 0 Å². The zero-order valence-electron chi connectivity index (χ0n) is 14.2. The van der Waals surface area contributed by atoms with Gasteiger partial charge < -0.3 is 10.2 Å². The fourth-order valence-electron chi connectivity index (χ4n) is 3.19. The number of hydrogen-bond acceptors (Lipinski definition) is 3. The van der Waals surface area contributed by atoms with E-state index < -0.39 is 0 Å². The van der Waals surface area contributed by atoms with Crippen molar-refractivity contribution in [1.82, 2.24) is 10.3 Å². The van der Waals surface area contributed by atoms with Crippen molar-refractivity contribution in [3.63, 3.8) is 0 Å². The summed E-state index contributed by atoms with van der Waals surface area (Å²) >= 11 is 6.12. The largest absolute Gasteiger partial charge is 0.347 e. The van der Waals surface area contributed by atoms with E-state index in [0.717, 1.165) is 24.2 Å². The van der Waals surface area contributed by atoms with Gasteiger partial charge in [0.25, 0.3) is 5.91 Å². The molecule has 0 fully saturated rings. The first-order chi connectivity index (χ1) is 12.7. The molecule has 1 N–H and O–H groups in total. The quantitative estimate of drug-likeness (QED) is 0.749. The van der Waals surface area contributed by atoms with Crippen LogP contribution in [-0.2, 0) is 13.0 Å². The lowest BCUT2D eigenvalue weighted by Crippen LogP contribution is -2.24. The first-order valence-corrected chi connectivity index (χ1v) is 8.93. The molecule has 1 aromatic heterocycles. The Labute approximate surface area is 157 Å². The highest BCUT2D eigenvalue weighted by Gasteiger charge is 2.20. The summed E-state index contributed by atoms with van der Waals surface area (Å²) in [5.41, 5.74) is 4.83. The first-order valence-electron chi connectivity index (χ1n) is 8.55. The van der Waals surface area contributed by atoms with Crippen molar-refractivity contribution in [3.8, 4) is 0 Å². The molecular weight excluding hydrogens is 346 g/mol. The highest BCUT2D eigenvalue weighted by atomic mass is 35.5. The zero-order chi connectivity index (χ0) is 17.9. The molecule has 1 aliphatic heterocycles. The molecule has 26 heavy (non-hydrogen) atoms. The number of fused-ring (bicyclic) bond motifs is 1. The number of aromatic nitrogens is 1. The normalized spacial score (nSPS) is 12.7. The molecule has 2 aromatic carbocycles. The summed E-state index contributed by atoms with van der Waals surface area (Å²) in [6.45, 7) is 1.31. The number of carbonyl (C=O) groups is 1. The van der Waals surface area contributed by atoms with Crippen molar-refractivity contribution < 1.29 is 4.79 Å². The van der Waals surface area contributed by atoms with E-state index in [4.69, 9.17) is 11.6 Å². The Bertz CT molecular complexity index is 940. The maximum absolute atomic E-state index is 12.3. The van der Waals surface area contributed by atoms with Gasteiger partial charge in [0.15, 0.2) is 0 Å². The Morgan fingerprint density at radius 2 is 1.88 bits per heavy atom. The minimum Gasteiger partial charge on any atom is -0.347 e. The molecule has 1 aliphatic rings. The van der Waals surface area contributed by atoms with Crippen molar-refractivity contribution in [1.29, 1.82) is 0 Å². The van der Waals surface area contributed by atoms with Crippen molar-refractivity contribution in [2.75, 3.05) is 11.4 Å². The topological polar surface area (TPSA) is 45.2 Å². The van der Waals surface area contributed by atoms with Crippen molar-refractivity contribution >= 4 is 28.9 Å². The van der Waals surface area contributed by atoms with Crippen LogP contribution in [0.2, 0.25) is 5.02 Å². The number of pyridine rings is 1. The lowest BCUT2D eigenvalue weighted by molar-refractivity contribution is 0.0946. The van der Waals surface area contributed by atoms with E-state index in [1.54, 1.807) is 12.3 Å². The van der Waals surface area contributed by atoms with Gasteiger partial charge in [0, 0.05) is 23.8 Å². The molecule has 0 aliphatic carbocycles. The summed E-state index contributed by atoms with van der Waals surface area (Å²) in [4.78, 5) is 18.9. The summed E-state index contributed by atoms with van der Waals surface area (Å²) in [6, 6.07) is 19.5. The highest BCUT2D eigenvalue weighted by Crippen LogP contribution is 2.33. The minimum absolute atomic E-state index is 0.210. The van der Waals surface area contributed by atoms with Gasteiger partial charge in [-0.2, -0.15) is 0 Å². The molecule has 4 rings (SSSR count). The van der Waals surface area contributed by atoms with Crippen LogP contribution < -0.4 is 10.2 Å². The number of benzene rings is 2. The smallest absolute Gasteiger partial charge is 0.270 e. The number of anilines is 2. The molecular formula is C21H18ClN3O. The van der Waals surface area contributed by atoms with E-state index in [1.807, 2.05) is 36.4 Å². The fraction of sp³-hybridized carbons (Fsp3) is 0.143. The Morgan fingerprint density at radius 3 is 2.69 bits per heavy atom. The lowest BCUT2D eigenvalue weighted by atomic mass is 10.2. The number of nitrogens with zero attached hydrogens (tertiary/aromatic N) is 2. The first kappa shape index (κ1) is 16.6. The average Bonchev–Trinajstić information content (AvgIpc) is 3.11. The number of carbonyl (C=O) groups excluding carboxylic acids is 1. The Hall–Kier alpha value is -2.85. The van der Waals surface area contributed by atoms with Crippen LogP contribution in [0.25, 0.3) is 0 Å². The number of rotatable bonds is 4. The fourth-order valence-corrected chi connectivity index (χ4v) is 3.40. The highest BCUT2D eigenvalue weighted by molar-refractivity contribution is 6.31. The third kappa shape index (κ3) is 3.28. The molecule has 0 bridgehead atoms. The van der Waals surface area contributed by atoms with Crippen LogP contribution in [-0.4, -0.2) is 17.4 Å². The molecule has 0 atom stereocenters. The molecule has 0 saturated carbocycles. The van der Waals surface area contributed by atoms with Gasteiger partial charge in [-0.15, -0.1) is 0 Å². The van der Waals surface area contributed by atoms with E-state index in [9.17, 15) is 4.79 Å². The summed E-state index contributed by atoms with van der Waals surface area (Å²) in [6.07, 6.45) is 2.78. The van der Waals surface area contributed by atoms with Crippen LogP contribution in [0, 0.1) is 0 Å². The van der Waals surface area contributed by atoms with Gasteiger partial charge in [-0.25, -0.2) is 4.98 Å². The number of hydrogen-bond donors (Lipinski definition) is 1. The van der Waals surface area contributed by atoms with Crippen LogP contribution in [0.1, 0.15) is 21.6 Å². The van der Waals surface area contributed by atoms with Crippen LogP contribution in [0.4, 0.5) is 11.4 Å². The van der Waals surface area contributed by atoms with Crippen LogP contribution >= 0.6 is 11.6 Å². The number of amides is 1. The molecule has 3 aromatic rings. The van der Waals surface area contributed by atoms with Crippen molar-refractivity contribution in [2.45, 2.75) is 13.0 Å². The molecule has 0 radical (unpaired) electrons. The van der Waals surface area contributed by atoms with Crippen LogP contribution in [0.5, 0.6) is 0 Å². The monoisotopic (exact) mass is 363 g/mol. The second kappa shape index (κ2) is 7.18. The maximum Gasteiger partial charge on any atom is 0.270 e. The van der Waals surface area contributed by atoms with Gasteiger partial charge >= 0.3 is 0 Å². The van der Waals surface area contributed by atoms with E-state index in [-0.39, 0.29) is 5.91 Å². The standard InChI is InChI=1S/C21H18ClN3O/c22-18-7-3-1-6-16(18)13-24-21(26)19-10-9-17(14-23-19)25-12-11-15-5-2-4-8-20(15)25/h1-10,14H,11-13H2,(H,24,26). The zero-order valence-corrected chi connectivity index (χ0v) is 14.9. The van der Waals surface area contributed by atoms with Gasteiger partial charge in [-0.3, -0.25) is 4.79 Å². The maximum atomic E-state index is 12.3. The Morgan fingerprint density at radius 1 is 1.08 bits per heavy atom. The predicted molar refractivity (Wildman–Crippen MR) is 104 cm³/mol. The molecule has 0 unspecified atom stereocenters. The van der Waals surface area contributed by atoms with Gasteiger partial charge in [-0.05, 0) is 41.8 Å². The number of halogens is 1. The van der Waals surface area contributed by atoms with E-state index in [1.165, 1.54) is 11.3 Å². The van der Waals surface area contributed by atoms with Crippen LogP contribution in [0.15, 0.2) is 66.9 Å². The van der Waals surface area contributed by atoms with E-state index in [0.29, 0.717) is 17.3 Å². The average molecular weight is 364 g/mol. The molecule has 130 valence electrons. The minimum atomic E-state index is -0.210. The summed E-state index contributed by atoms with van der Waals surface area (Å²) in [7, 11) is 0. The summed E-state index contributed by atoms with van der Waals surface area (Å²) in [5.74, 6) is -0.210. The molecule has 4 nitrogen and oxygen atoms in total. The van der Waals surface area contributed by atoms with Crippen molar-refractivity contribution in [3.05, 3.63) is 88.7 Å². The Kier molecular flexibility index (Phi) is 4.59. The van der Waals surface area contributed by atoms with E-state index >= 15 is 0 Å². The summed E-state index contributed by atoms with van der Waals surface area (Å²) in [5, 5.41) is 3.50. The van der Waals surface area contributed by atoms with Gasteiger partial charge in [0.05, 0.1) is 11.9 Å². The Balaban J connectivity index is 1.45. The number of nitrogens with one attached hydrogen (secondary N) is 1. The molecule has 1 amide bonds. The SMILES string of the molecule is O=C(NCc1ccccc1Cl)c1ccc(N2CCc3ccccc32)cn1. The van der Waals surface area contributed by atoms with Crippen molar-refractivity contribution in [2.24, 2.45) is 0 Å². The van der Waals surface area contributed by atoms with Gasteiger partial charge in [0.2, 0.25) is 0 Å². The van der Waals surface area contributed by atoms with Gasteiger partial charge in [-0.1, -0.05) is 48.0 Å². The number of para-hydroxylation sites is 1. The molecule has 2 heterocycles. The lowest BCUT2D eigenvalue weighted by Gasteiger charge is -2.19. The third-order valence-corrected chi connectivity index (χ3v) is 4.95. The van der Waals surface area contributed by atoms with Gasteiger partial charge in [0.1, 0.15) is 5.69 Å².